The van der Waals surface area contributed by atoms with Gasteiger partial charge in [-0.05, 0) is 54.8 Å². The largest absolute Gasteiger partial charge is 0.478 e. The summed E-state index contributed by atoms with van der Waals surface area (Å²) >= 11 is 0. The average Bonchev–Trinajstić information content (AvgIpc) is 3.44. The van der Waals surface area contributed by atoms with Crippen LogP contribution < -0.4 is 10.0 Å². The summed E-state index contributed by atoms with van der Waals surface area (Å²) in [6, 6.07) is 12.4. The molecule has 0 spiro atoms. The lowest BCUT2D eigenvalue weighted by Crippen LogP contribution is -2.26. The van der Waals surface area contributed by atoms with Crippen molar-refractivity contribution in [1.29, 1.82) is 0 Å². The fourth-order valence-electron chi connectivity index (χ4n) is 2.34. The summed E-state index contributed by atoms with van der Waals surface area (Å²) in [5, 5.41) is 11.3. The predicted molar refractivity (Wildman–Crippen MR) is 101 cm³/mol. The lowest BCUT2D eigenvalue weighted by Gasteiger charge is -2.09. The Morgan fingerprint density at radius 1 is 1.07 bits per heavy atom. The molecule has 27 heavy (non-hydrogen) atoms. The third kappa shape index (κ3) is 5.25. The maximum Gasteiger partial charge on any atom is 0.328 e. The average molecular weight is 386 g/mol. The van der Waals surface area contributed by atoms with E-state index in [0.29, 0.717) is 11.3 Å². The fourth-order valence-corrected chi connectivity index (χ4v) is 3.69. The lowest BCUT2D eigenvalue weighted by molar-refractivity contribution is -0.131. The van der Waals surface area contributed by atoms with Crippen molar-refractivity contribution in [2.45, 2.75) is 23.8 Å². The van der Waals surface area contributed by atoms with Gasteiger partial charge in [-0.15, -0.1) is 0 Å². The molecule has 0 unspecified atom stereocenters. The Labute approximate surface area is 156 Å². The molecule has 1 aliphatic rings. The van der Waals surface area contributed by atoms with Crippen molar-refractivity contribution in [2.24, 2.45) is 0 Å². The Kier molecular flexibility index (Phi) is 5.38. The summed E-state index contributed by atoms with van der Waals surface area (Å²) < 4.78 is 27.1. The van der Waals surface area contributed by atoms with E-state index in [1.807, 2.05) is 0 Å². The molecular weight excluding hydrogens is 368 g/mol. The van der Waals surface area contributed by atoms with E-state index < -0.39 is 21.9 Å². The normalized spacial score (nSPS) is 14.2. The Morgan fingerprint density at radius 3 is 2.41 bits per heavy atom. The standard InChI is InChI=1S/C19H18N2O5S/c22-18(23)11-6-13-4-7-15(8-5-13)20-19(24)14-2-1-3-17(12-14)27(25,26)21-16-9-10-16/h1-8,11-12,16,21H,9-10H2,(H,20,24)(H,22,23). The molecular formula is C19H18N2O5S. The van der Waals surface area contributed by atoms with E-state index in [-0.39, 0.29) is 16.5 Å². The molecule has 140 valence electrons. The van der Waals surface area contributed by atoms with Gasteiger partial charge in [-0.2, -0.15) is 0 Å². The van der Waals surface area contributed by atoms with Crippen molar-refractivity contribution < 1.29 is 23.1 Å². The van der Waals surface area contributed by atoms with E-state index in [4.69, 9.17) is 5.11 Å². The molecule has 8 heteroatoms. The van der Waals surface area contributed by atoms with Crippen molar-refractivity contribution in [2.75, 3.05) is 5.32 Å². The first-order chi connectivity index (χ1) is 12.8. The van der Waals surface area contributed by atoms with Crippen LogP contribution in [0, 0.1) is 0 Å². The summed E-state index contributed by atoms with van der Waals surface area (Å²) in [5.41, 5.74) is 1.41. The van der Waals surface area contributed by atoms with E-state index >= 15 is 0 Å². The van der Waals surface area contributed by atoms with E-state index in [9.17, 15) is 18.0 Å². The number of carboxylic acid groups (broad SMARTS) is 1. The molecule has 0 radical (unpaired) electrons. The SMILES string of the molecule is O=C(O)C=Cc1ccc(NC(=O)c2cccc(S(=O)(=O)NC3CC3)c2)cc1. The molecule has 3 rings (SSSR count). The smallest absolute Gasteiger partial charge is 0.328 e. The quantitative estimate of drug-likeness (QED) is 0.633. The molecule has 1 fully saturated rings. The number of anilines is 1. The second kappa shape index (κ2) is 7.73. The number of aliphatic carboxylic acids is 1. The molecule has 7 nitrogen and oxygen atoms in total. The molecule has 2 aromatic rings. The topological polar surface area (TPSA) is 113 Å². The van der Waals surface area contributed by atoms with Gasteiger partial charge in [-0.25, -0.2) is 17.9 Å². The minimum atomic E-state index is -3.63. The molecule has 0 atom stereocenters. The van der Waals surface area contributed by atoms with Crippen LogP contribution in [0.4, 0.5) is 5.69 Å². The van der Waals surface area contributed by atoms with Gasteiger partial charge in [0.1, 0.15) is 0 Å². The van der Waals surface area contributed by atoms with Gasteiger partial charge in [0, 0.05) is 23.4 Å². The number of amides is 1. The van der Waals surface area contributed by atoms with Crippen LogP contribution in [0.15, 0.2) is 59.5 Å². The highest BCUT2D eigenvalue weighted by Crippen LogP contribution is 2.22. The van der Waals surface area contributed by atoms with Gasteiger partial charge in [0.15, 0.2) is 0 Å². The first kappa shape index (κ1) is 18.8. The summed E-state index contributed by atoms with van der Waals surface area (Å²) in [6.45, 7) is 0. The number of nitrogens with one attached hydrogen (secondary N) is 2. The van der Waals surface area contributed by atoms with E-state index in [2.05, 4.69) is 10.0 Å². The van der Waals surface area contributed by atoms with Gasteiger partial charge >= 0.3 is 5.97 Å². The number of benzene rings is 2. The van der Waals surface area contributed by atoms with Gasteiger partial charge in [-0.3, -0.25) is 4.79 Å². The number of hydrogen-bond donors (Lipinski definition) is 3. The molecule has 1 amide bonds. The molecule has 1 aliphatic carbocycles. The van der Waals surface area contributed by atoms with Crippen LogP contribution >= 0.6 is 0 Å². The summed E-state index contributed by atoms with van der Waals surface area (Å²) in [7, 11) is -3.63. The maximum atomic E-state index is 12.4. The number of carbonyl (C=O) groups excluding carboxylic acids is 1. The Bertz CT molecular complexity index is 993. The molecule has 3 N–H and O–H groups in total. The summed E-state index contributed by atoms with van der Waals surface area (Å²) in [5.74, 6) is -1.48. The van der Waals surface area contributed by atoms with Crippen LogP contribution in [-0.4, -0.2) is 31.4 Å². The van der Waals surface area contributed by atoms with Gasteiger partial charge in [-0.1, -0.05) is 18.2 Å². The molecule has 0 aliphatic heterocycles. The third-order valence-electron chi connectivity index (χ3n) is 3.89. The minimum Gasteiger partial charge on any atom is -0.478 e. The molecule has 1 saturated carbocycles. The Morgan fingerprint density at radius 2 is 1.78 bits per heavy atom. The Balaban J connectivity index is 1.71. The molecule has 0 aromatic heterocycles. The Hall–Kier alpha value is -2.97. The predicted octanol–water partition coefficient (Wildman–Crippen LogP) is 2.48. The molecule has 0 bridgehead atoms. The number of hydrogen-bond acceptors (Lipinski definition) is 4. The molecule has 2 aromatic carbocycles. The van der Waals surface area contributed by atoms with Crippen molar-refractivity contribution in [3.63, 3.8) is 0 Å². The number of sulfonamides is 1. The highest BCUT2D eigenvalue weighted by atomic mass is 32.2. The van der Waals surface area contributed by atoms with Crippen LogP contribution in [0.3, 0.4) is 0 Å². The number of rotatable bonds is 7. The van der Waals surface area contributed by atoms with Gasteiger partial charge in [0.25, 0.3) is 5.91 Å². The second-order valence-corrected chi connectivity index (χ2v) is 7.89. The monoisotopic (exact) mass is 386 g/mol. The van der Waals surface area contributed by atoms with Gasteiger partial charge < -0.3 is 10.4 Å². The van der Waals surface area contributed by atoms with Crippen molar-refractivity contribution in [3.8, 4) is 0 Å². The summed E-state index contributed by atoms with van der Waals surface area (Å²) in [6.07, 6.45) is 4.12. The molecule has 0 saturated heterocycles. The zero-order valence-corrected chi connectivity index (χ0v) is 15.1. The first-order valence-corrected chi connectivity index (χ1v) is 9.77. The number of carbonyl (C=O) groups is 2. The van der Waals surface area contributed by atoms with E-state index in [1.54, 1.807) is 24.3 Å². The molecule has 0 heterocycles. The highest BCUT2D eigenvalue weighted by Gasteiger charge is 2.28. The van der Waals surface area contributed by atoms with E-state index in [1.165, 1.54) is 30.3 Å². The maximum absolute atomic E-state index is 12.4. The van der Waals surface area contributed by atoms with Gasteiger partial charge in [0.2, 0.25) is 10.0 Å². The second-order valence-electron chi connectivity index (χ2n) is 6.17. The van der Waals surface area contributed by atoms with Crippen LogP contribution in [0.5, 0.6) is 0 Å². The van der Waals surface area contributed by atoms with Crippen molar-refractivity contribution in [3.05, 3.63) is 65.7 Å². The minimum absolute atomic E-state index is 0.0128. The highest BCUT2D eigenvalue weighted by molar-refractivity contribution is 7.89. The summed E-state index contributed by atoms with van der Waals surface area (Å²) in [4.78, 5) is 23.0. The van der Waals surface area contributed by atoms with Crippen LogP contribution in [-0.2, 0) is 14.8 Å². The van der Waals surface area contributed by atoms with Crippen molar-refractivity contribution in [1.82, 2.24) is 4.72 Å². The van der Waals surface area contributed by atoms with Crippen LogP contribution in [0.25, 0.3) is 6.08 Å². The third-order valence-corrected chi connectivity index (χ3v) is 5.41. The fraction of sp³-hybridized carbons (Fsp3) is 0.158. The van der Waals surface area contributed by atoms with Crippen LogP contribution in [0.2, 0.25) is 0 Å². The lowest BCUT2D eigenvalue weighted by atomic mass is 10.1. The number of carboxylic acids is 1. The zero-order valence-electron chi connectivity index (χ0n) is 14.3. The first-order valence-electron chi connectivity index (χ1n) is 8.28. The van der Waals surface area contributed by atoms with Crippen molar-refractivity contribution >= 4 is 33.7 Å². The van der Waals surface area contributed by atoms with E-state index in [0.717, 1.165) is 18.9 Å². The van der Waals surface area contributed by atoms with Gasteiger partial charge in [0.05, 0.1) is 4.90 Å². The zero-order chi connectivity index (χ0) is 19.4. The van der Waals surface area contributed by atoms with Crippen LogP contribution in [0.1, 0.15) is 28.8 Å².